The van der Waals surface area contributed by atoms with E-state index in [-0.39, 0.29) is 12.5 Å². The Morgan fingerprint density at radius 3 is 2.63 bits per heavy atom. The highest BCUT2D eigenvalue weighted by Gasteiger charge is 2.28. The summed E-state index contributed by atoms with van der Waals surface area (Å²) in [6, 6.07) is 7.51. The van der Waals surface area contributed by atoms with Crippen LogP contribution in [-0.2, 0) is 4.79 Å². The molecule has 2 rings (SSSR count). The third kappa shape index (κ3) is 3.70. The molecule has 0 radical (unpaired) electrons. The van der Waals surface area contributed by atoms with Crippen LogP contribution in [0.15, 0.2) is 30.3 Å². The normalized spacial score (nSPS) is 17.6. The van der Waals surface area contributed by atoms with Crippen LogP contribution in [0.5, 0.6) is 5.75 Å². The molecule has 1 aromatic carbocycles. The highest BCUT2D eigenvalue weighted by molar-refractivity contribution is 6.04. The van der Waals surface area contributed by atoms with Gasteiger partial charge in [0.25, 0.3) is 5.91 Å². The number of amides is 4. The Labute approximate surface area is 109 Å². The fraction of sp³-hybridized carbons (Fsp3) is 0.250. The maximum atomic E-state index is 11.4. The van der Waals surface area contributed by atoms with E-state index in [1.165, 1.54) is 0 Å². The number of hydrogen-bond acceptors (Lipinski definition) is 4. The molecule has 0 spiro atoms. The molecule has 7 nitrogen and oxygen atoms in total. The molecule has 19 heavy (non-hydrogen) atoms. The van der Waals surface area contributed by atoms with Gasteiger partial charge in [-0.1, -0.05) is 18.2 Å². The molecule has 1 unspecified atom stereocenters. The van der Waals surface area contributed by atoms with Crippen molar-refractivity contribution in [1.82, 2.24) is 16.0 Å². The van der Waals surface area contributed by atoms with Gasteiger partial charge < -0.3 is 15.4 Å². The van der Waals surface area contributed by atoms with Gasteiger partial charge in [-0.25, -0.2) is 9.59 Å². The molecule has 3 N–H and O–H groups in total. The average Bonchev–Trinajstić information content (AvgIpc) is 2.69. The molecule has 1 aliphatic heterocycles. The van der Waals surface area contributed by atoms with Crippen molar-refractivity contribution in [2.75, 3.05) is 6.54 Å². The second kappa shape index (κ2) is 5.85. The van der Waals surface area contributed by atoms with Gasteiger partial charge in [-0.05, 0) is 18.6 Å². The topological polar surface area (TPSA) is 96.5 Å². The fourth-order valence-electron chi connectivity index (χ4n) is 1.61. The first-order valence-electron chi connectivity index (χ1n) is 5.77. The van der Waals surface area contributed by atoms with E-state index in [9.17, 15) is 14.4 Å². The van der Waals surface area contributed by atoms with Crippen molar-refractivity contribution in [2.24, 2.45) is 0 Å². The van der Waals surface area contributed by atoms with E-state index in [2.05, 4.69) is 16.0 Å². The first-order chi connectivity index (χ1) is 9.15. The largest absolute Gasteiger partial charge is 0.412 e. The lowest BCUT2D eigenvalue weighted by Crippen LogP contribution is -2.35. The first kappa shape index (κ1) is 12.9. The van der Waals surface area contributed by atoms with Crippen LogP contribution in [0.25, 0.3) is 0 Å². The summed E-state index contributed by atoms with van der Waals surface area (Å²) in [6.45, 7) is 0.226. The zero-order chi connectivity index (χ0) is 13.7. The quantitative estimate of drug-likeness (QED) is 0.684. The molecule has 100 valence electrons. The summed E-state index contributed by atoms with van der Waals surface area (Å²) in [5.74, 6) is 0.0511. The molecule has 0 bridgehead atoms. The third-order valence-corrected chi connectivity index (χ3v) is 2.51. The molecule has 1 aliphatic rings. The van der Waals surface area contributed by atoms with E-state index < -0.39 is 18.2 Å². The first-order valence-corrected chi connectivity index (χ1v) is 5.77. The lowest BCUT2D eigenvalue weighted by Gasteiger charge is -2.08. The SMILES string of the molecule is O=C1NC(=O)C(CCNC(=O)Oc2ccccc2)N1. The van der Waals surface area contributed by atoms with E-state index in [0.29, 0.717) is 12.2 Å². The van der Waals surface area contributed by atoms with E-state index in [1.54, 1.807) is 24.3 Å². The van der Waals surface area contributed by atoms with Crippen LogP contribution in [0.3, 0.4) is 0 Å². The number of benzene rings is 1. The summed E-state index contributed by atoms with van der Waals surface area (Å²) in [5.41, 5.74) is 0. The number of imide groups is 1. The molecule has 1 fully saturated rings. The van der Waals surface area contributed by atoms with Gasteiger partial charge in [-0.3, -0.25) is 10.1 Å². The highest BCUT2D eigenvalue weighted by atomic mass is 16.6. The van der Waals surface area contributed by atoms with Crippen LogP contribution in [-0.4, -0.2) is 30.6 Å². The molecule has 1 atom stereocenters. The van der Waals surface area contributed by atoms with Crippen molar-refractivity contribution >= 4 is 18.0 Å². The minimum absolute atomic E-state index is 0.226. The fourth-order valence-corrected chi connectivity index (χ4v) is 1.61. The second-order valence-electron chi connectivity index (χ2n) is 3.93. The molecular formula is C12H13N3O4. The Morgan fingerprint density at radius 2 is 2.00 bits per heavy atom. The van der Waals surface area contributed by atoms with Gasteiger partial charge in [0.1, 0.15) is 11.8 Å². The lowest BCUT2D eigenvalue weighted by atomic mass is 10.2. The molecule has 0 aliphatic carbocycles. The van der Waals surface area contributed by atoms with E-state index in [1.807, 2.05) is 6.07 Å². The predicted octanol–water partition coefficient (Wildman–Crippen LogP) is 0.373. The van der Waals surface area contributed by atoms with Crippen LogP contribution >= 0.6 is 0 Å². The average molecular weight is 263 g/mol. The maximum absolute atomic E-state index is 11.4. The van der Waals surface area contributed by atoms with Crippen molar-refractivity contribution in [3.63, 3.8) is 0 Å². The van der Waals surface area contributed by atoms with Crippen molar-refractivity contribution in [2.45, 2.75) is 12.5 Å². The Morgan fingerprint density at radius 1 is 1.26 bits per heavy atom. The van der Waals surface area contributed by atoms with Crippen LogP contribution in [0.1, 0.15) is 6.42 Å². The summed E-state index contributed by atoms with van der Waals surface area (Å²) in [5, 5.41) is 7.05. The number of carbonyl (C=O) groups is 3. The van der Waals surface area contributed by atoms with Crippen molar-refractivity contribution < 1.29 is 19.1 Å². The van der Waals surface area contributed by atoms with Crippen molar-refractivity contribution in [1.29, 1.82) is 0 Å². The Kier molecular flexibility index (Phi) is 3.97. The summed E-state index contributed by atoms with van der Waals surface area (Å²) >= 11 is 0. The molecule has 1 aromatic rings. The van der Waals surface area contributed by atoms with Gasteiger partial charge in [-0.2, -0.15) is 0 Å². The second-order valence-corrected chi connectivity index (χ2v) is 3.93. The standard InChI is InChI=1S/C12H13N3O4/c16-10-9(14-11(17)15-10)6-7-13-12(18)19-8-4-2-1-3-5-8/h1-5,9H,6-7H2,(H,13,18)(H2,14,15,16,17). The summed E-state index contributed by atoms with van der Waals surface area (Å²) in [4.78, 5) is 33.5. The van der Waals surface area contributed by atoms with Crippen LogP contribution in [0.4, 0.5) is 9.59 Å². The minimum Gasteiger partial charge on any atom is -0.410 e. The van der Waals surface area contributed by atoms with E-state index in [0.717, 1.165) is 0 Å². The number of carbonyl (C=O) groups excluding carboxylic acids is 3. The predicted molar refractivity (Wildman–Crippen MR) is 65.5 cm³/mol. The molecule has 4 amide bonds. The Hall–Kier alpha value is -2.57. The number of nitrogens with one attached hydrogen (secondary N) is 3. The lowest BCUT2D eigenvalue weighted by molar-refractivity contribution is -0.120. The summed E-state index contributed by atoms with van der Waals surface area (Å²) < 4.78 is 4.99. The van der Waals surface area contributed by atoms with Gasteiger partial charge in [0.05, 0.1) is 0 Å². The Bertz CT molecular complexity index is 489. The van der Waals surface area contributed by atoms with Gasteiger partial charge >= 0.3 is 12.1 Å². The zero-order valence-corrected chi connectivity index (χ0v) is 10.0. The molecule has 7 heteroatoms. The molecule has 0 saturated carbocycles. The Balaban J connectivity index is 1.70. The minimum atomic E-state index is -0.607. The van der Waals surface area contributed by atoms with Crippen molar-refractivity contribution in [3.8, 4) is 5.75 Å². The van der Waals surface area contributed by atoms with Crippen LogP contribution in [0, 0.1) is 0 Å². The van der Waals surface area contributed by atoms with E-state index in [4.69, 9.17) is 4.74 Å². The molecule has 1 heterocycles. The summed E-state index contributed by atoms with van der Waals surface area (Å²) in [7, 11) is 0. The van der Waals surface area contributed by atoms with Crippen LogP contribution in [0.2, 0.25) is 0 Å². The summed E-state index contributed by atoms with van der Waals surface area (Å²) in [6.07, 6.45) is -0.294. The van der Waals surface area contributed by atoms with Gasteiger partial charge in [0.15, 0.2) is 0 Å². The molecule has 1 saturated heterocycles. The van der Waals surface area contributed by atoms with Gasteiger partial charge in [0.2, 0.25) is 0 Å². The zero-order valence-electron chi connectivity index (χ0n) is 10.0. The molecular weight excluding hydrogens is 250 g/mol. The third-order valence-electron chi connectivity index (χ3n) is 2.51. The van der Waals surface area contributed by atoms with Crippen LogP contribution < -0.4 is 20.7 Å². The molecule has 0 aromatic heterocycles. The van der Waals surface area contributed by atoms with Crippen molar-refractivity contribution in [3.05, 3.63) is 30.3 Å². The van der Waals surface area contributed by atoms with E-state index >= 15 is 0 Å². The number of rotatable bonds is 4. The monoisotopic (exact) mass is 263 g/mol. The number of urea groups is 1. The number of hydrogen-bond donors (Lipinski definition) is 3. The maximum Gasteiger partial charge on any atom is 0.412 e. The smallest absolute Gasteiger partial charge is 0.410 e. The number of para-hydroxylation sites is 1. The number of ether oxygens (including phenoxy) is 1. The van der Waals surface area contributed by atoms with Gasteiger partial charge in [-0.15, -0.1) is 0 Å². The highest BCUT2D eigenvalue weighted by Crippen LogP contribution is 2.08. The van der Waals surface area contributed by atoms with Gasteiger partial charge in [0, 0.05) is 6.54 Å².